The van der Waals surface area contributed by atoms with Gasteiger partial charge in [0.1, 0.15) is 5.75 Å². The molecule has 3 heterocycles. The maximum absolute atomic E-state index is 10.5. The van der Waals surface area contributed by atoms with Gasteiger partial charge in [0.25, 0.3) is 0 Å². The lowest BCUT2D eigenvalue weighted by Gasteiger charge is -2.05. The van der Waals surface area contributed by atoms with Crippen LogP contribution in [0.5, 0.6) is 11.5 Å². The summed E-state index contributed by atoms with van der Waals surface area (Å²) in [5.74, 6) is 0.734. The van der Waals surface area contributed by atoms with Crippen molar-refractivity contribution >= 4 is 5.82 Å². The number of ether oxygens (including phenoxy) is 1. The normalized spacial score (nSPS) is 10.3. The van der Waals surface area contributed by atoms with Crippen molar-refractivity contribution in [2.75, 3.05) is 0 Å². The van der Waals surface area contributed by atoms with Crippen molar-refractivity contribution in [3.63, 3.8) is 0 Å². The molecule has 0 aliphatic rings. The van der Waals surface area contributed by atoms with Crippen LogP contribution < -0.4 is 4.74 Å². The standard InChI is InChI=1S/C13H9N5O3/c19-18(20)13-2-1-11(8-15-13)21-10-3-4-14-12(5-10)9-6-16-17-7-9/h1-8H,(H,16,17). The number of nitrogens with one attached hydrogen (secondary N) is 1. The molecule has 3 rings (SSSR count). The predicted octanol–water partition coefficient (Wildman–Crippen LogP) is 2.57. The molecule has 0 bridgehead atoms. The lowest BCUT2D eigenvalue weighted by Crippen LogP contribution is -1.92. The van der Waals surface area contributed by atoms with Crippen LogP contribution in [0.1, 0.15) is 0 Å². The smallest absolute Gasteiger partial charge is 0.363 e. The molecule has 0 aliphatic carbocycles. The fraction of sp³-hybridized carbons (Fsp3) is 0. The molecule has 0 amide bonds. The van der Waals surface area contributed by atoms with Gasteiger partial charge in [-0.2, -0.15) is 5.10 Å². The minimum absolute atomic E-state index is 0.226. The van der Waals surface area contributed by atoms with E-state index in [1.54, 1.807) is 30.7 Å². The number of aromatic nitrogens is 4. The average molecular weight is 283 g/mol. The van der Waals surface area contributed by atoms with Crippen molar-refractivity contribution in [1.29, 1.82) is 0 Å². The Balaban J connectivity index is 1.81. The van der Waals surface area contributed by atoms with Gasteiger partial charge in [-0.1, -0.05) is 0 Å². The van der Waals surface area contributed by atoms with Crippen molar-refractivity contribution in [3.05, 3.63) is 59.2 Å². The molecule has 3 aromatic heterocycles. The zero-order valence-electron chi connectivity index (χ0n) is 10.6. The Morgan fingerprint density at radius 1 is 1.14 bits per heavy atom. The largest absolute Gasteiger partial charge is 0.453 e. The van der Waals surface area contributed by atoms with Crippen LogP contribution in [0.3, 0.4) is 0 Å². The molecule has 1 N–H and O–H groups in total. The summed E-state index contributed by atoms with van der Waals surface area (Å²) in [5.41, 5.74) is 1.54. The van der Waals surface area contributed by atoms with Gasteiger partial charge >= 0.3 is 5.82 Å². The second kappa shape index (κ2) is 5.37. The number of H-pyrrole nitrogens is 1. The molecular formula is C13H9N5O3. The van der Waals surface area contributed by atoms with Crippen LogP contribution in [0.25, 0.3) is 11.3 Å². The molecule has 8 heteroatoms. The van der Waals surface area contributed by atoms with E-state index >= 15 is 0 Å². The second-order valence-corrected chi connectivity index (χ2v) is 4.08. The van der Waals surface area contributed by atoms with E-state index in [1.165, 1.54) is 18.3 Å². The SMILES string of the molecule is O=[N+]([O-])c1ccc(Oc2ccnc(-c3cn[nH]c3)c2)cn1. The zero-order valence-corrected chi connectivity index (χ0v) is 10.6. The molecule has 0 spiro atoms. The highest BCUT2D eigenvalue weighted by atomic mass is 16.6. The van der Waals surface area contributed by atoms with E-state index in [4.69, 9.17) is 4.74 Å². The van der Waals surface area contributed by atoms with Gasteiger partial charge < -0.3 is 14.9 Å². The molecule has 21 heavy (non-hydrogen) atoms. The number of rotatable bonds is 4. The number of hydrogen-bond acceptors (Lipinski definition) is 6. The molecule has 0 saturated carbocycles. The van der Waals surface area contributed by atoms with Crippen molar-refractivity contribution in [1.82, 2.24) is 20.2 Å². The minimum atomic E-state index is -0.562. The highest BCUT2D eigenvalue weighted by Gasteiger charge is 2.08. The lowest BCUT2D eigenvalue weighted by molar-refractivity contribution is -0.389. The van der Waals surface area contributed by atoms with Crippen LogP contribution in [-0.4, -0.2) is 25.1 Å². The van der Waals surface area contributed by atoms with Crippen molar-refractivity contribution in [2.45, 2.75) is 0 Å². The zero-order chi connectivity index (χ0) is 14.7. The van der Waals surface area contributed by atoms with Crippen molar-refractivity contribution < 1.29 is 9.66 Å². The second-order valence-electron chi connectivity index (χ2n) is 4.08. The number of nitrogens with zero attached hydrogens (tertiary/aromatic N) is 4. The quantitative estimate of drug-likeness (QED) is 0.582. The summed E-state index contributed by atoms with van der Waals surface area (Å²) in [6, 6.07) is 6.20. The van der Waals surface area contributed by atoms with Gasteiger partial charge in [0.2, 0.25) is 0 Å². The van der Waals surface area contributed by atoms with Crippen molar-refractivity contribution in [3.8, 4) is 22.8 Å². The lowest BCUT2D eigenvalue weighted by atomic mass is 10.2. The maximum Gasteiger partial charge on any atom is 0.363 e. The van der Waals surface area contributed by atoms with E-state index < -0.39 is 4.92 Å². The van der Waals surface area contributed by atoms with Crippen LogP contribution in [0.4, 0.5) is 5.82 Å². The maximum atomic E-state index is 10.5. The van der Waals surface area contributed by atoms with Crippen molar-refractivity contribution in [2.24, 2.45) is 0 Å². The Morgan fingerprint density at radius 2 is 2.05 bits per heavy atom. The molecule has 0 saturated heterocycles. The van der Waals surface area contributed by atoms with Gasteiger partial charge in [-0.3, -0.25) is 10.1 Å². The number of pyridine rings is 2. The third kappa shape index (κ3) is 2.84. The molecule has 104 valence electrons. The minimum Gasteiger partial charge on any atom is -0.453 e. The molecule has 0 radical (unpaired) electrons. The Labute approximate surface area is 118 Å². The molecule has 3 aromatic rings. The molecule has 0 unspecified atom stereocenters. The van der Waals surface area contributed by atoms with Gasteiger partial charge in [0.15, 0.2) is 11.9 Å². The Bertz CT molecular complexity index is 756. The molecule has 0 atom stereocenters. The van der Waals surface area contributed by atoms with Gasteiger partial charge in [0.05, 0.1) is 11.9 Å². The van der Waals surface area contributed by atoms with Gasteiger partial charge in [-0.25, -0.2) is 0 Å². The summed E-state index contributed by atoms with van der Waals surface area (Å²) in [7, 11) is 0. The van der Waals surface area contributed by atoms with E-state index in [2.05, 4.69) is 20.2 Å². The summed E-state index contributed by atoms with van der Waals surface area (Å²) in [5, 5.41) is 17.1. The van der Waals surface area contributed by atoms with E-state index in [0.29, 0.717) is 17.2 Å². The average Bonchev–Trinajstić information content (AvgIpc) is 3.02. The molecule has 8 nitrogen and oxygen atoms in total. The number of nitro groups is 1. The van der Waals surface area contributed by atoms with E-state index in [9.17, 15) is 10.1 Å². The van der Waals surface area contributed by atoms with Crippen LogP contribution in [-0.2, 0) is 0 Å². The summed E-state index contributed by atoms with van der Waals surface area (Å²) >= 11 is 0. The van der Waals surface area contributed by atoms with Crippen LogP contribution in [0.15, 0.2) is 49.1 Å². The van der Waals surface area contributed by atoms with Gasteiger partial charge in [0, 0.05) is 30.1 Å². The highest BCUT2D eigenvalue weighted by Crippen LogP contribution is 2.25. The fourth-order valence-electron chi connectivity index (χ4n) is 1.70. The van der Waals surface area contributed by atoms with Gasteiger partial charge in [-0.05, 0) is 22.0 Å². The highest BCUT2D eigenvalue weighted by molar-refractivity contribution is 5.58. The molecule has 0 fully saturated rings. The van der Waals surface area contributed by atoms with E-state index in [1.807, 2.05) is 0 Å². The first kappa shape index (κ1) is 12.7. The summed E-state index contributed by atoms with van der Waals surface area (Å²) in [6.45, 7) is 0. The van der Waals surface area contributed by atoms with Crippen LogP contribution in [0.2, 0.25) is 0 Å². The predicted molar refractivity (Wildman–Crippen MR) is 72.8 cm³/mol. The summed E-state index contributed by atoms with van der Waals surface area (Å²) in [6.07, 6.45) is 6.28. The first-order valence-corrected chi connectivity index (χ1v) is 5.96. The van der Waals surface area contributed by atoms with Gasteiger partial charge in [-0.15, -0.1) is 0 Å². The fourth-order valence-corrected chi connectivity index (χ4v) is 1.70. The first-order valence-electron chi connectivity index (χ1n) is 5.96. The monoisotopic (exact) mass is 283 g/mol. The number of aromatic amines is 1. The van der Waals surface area contributed by atoms with E-state index in [-0.39, 0.29) is 5.82 Å². The Hall–Kier alpha value is -3.29. The Morgan fingerprint density at radius 3 is 2.71 bits per heavy atom. The third-order valence-corrected chi connectivity index (χ3v) is 2.67. The number of hydrogen-bond donors (Lipinski definition) is 1. The third-order valence-electron chi connectivity index (χ3n) is 2.67. The van der Waals surface area contributed by atoms with Crippen LogP contribution in [0, 0.1) is 10.1 Å². The van der Waals surface area contributed by atoms with Crippen LogP contribution >= 0.6 is 0 Å². The molecular weight excluding hydrogens is 274 g/mol. The molecule has 0 aromatic carbocycles. The summed E-state index contributed by atoms with van der Waals surface area (Å²) in [4.78, 5) is 17.9. The Kier molecular flexibility index (Phi) is 3.26. The van der Waals surface area contributed by atoms with E-state index in [0.717, 1.165) is 5.56 Å². The topological polar surface area (TPSA) is 107 Å². The molecule has 0 aliphatic heterocycles. The first-order chi connectivity index (χ1) is 10.2. The summed E-state index contributed by atoms with van der Waals surface area (Å²) < 4.78 is 5.60.